The van der Waals surface area contributed by atoms with E-state index in [1.165, 1.54) is 24.8 Å². The Labute approximate surface area is 133 Å². The summed E-state index contributed by atoms with van der Waals surface area (Å²) in [7, 11) is 0. The average molecular weight is 299 g/mol. The maximum Gasteiger partial charge on any atom is 0.338 e. The summed E-state index contributed by atoms with van der Waals surface area (Å²) in [6, 6.07) is 10.1. The zero-order chi connectivity index (χ0) is 15.8. The maximum absolute atomic E-state index is 12.1. The molecule has 2 rings (SSSR count). The van der Waals surface area contributed by atoms with Gasteiger partial charge in [0.15, 0.2) is 0 Å². The fraction of sp³-hybridized carbons (Fsp3) is 0.579. The molecule has 0 saturated heterocycles. The fourth-order valence-corrected chi connectivity index (χ4v) is 2.92. The van der Waals surface area contributed by atoms with E-state index in [2.05, 4.69) is 13.0 Å². The number of carbonyl (C=O) groups excluding carboxylic acids is 1. The molecule has 0 heterocycles. The van der Waals surface area contributed by atoms with E-state index in [1.807, 2.05) is 24.3 Å². The lowest BCUT2D eigenvalue weighted by Crippen LogP contribution is -2.24. The number of benzene rings is 1. The zero-order valence-electron chi connectivity index (χ0n) is 13.4. The van der Waals surface area contributed by atoms with Crippen molar-refractivity contribution >= 4 is 5.97 Å². The van der Waals surface area contributed by atoms with Crippen LogP contribution in [0, 0.1) is 17.2 Å². The Morgan fingerprint density at radius 1 is 1.18 bits per heavy atom. The van der Waals surface area contributed by atoms with E-state index in [-0.39, 0.29) is 18.0 Å². The van der Waals surface area contributed by atoms with Gasteiger partial charge >= 0.3 is 5.97 Å². The second-order valence-electron chi connectivity index (χ2n) is 6.16. The summed E-state index contributed by atoms with van der Waals surface area (Å²) in [6.07, 6.45) is 7.99. The molecule has 0 atom stereocenters. The van der Waals surface area contributed by atoms with Gasteiger partial charge in [-0.15, -0.1) is 0 Å². The molecule has 1 fully saturated rings. The van der Waals surface area contributed by atoms with E-state index < -0.39 is 0 Å². The number of rotatable bonds is 6. The molecule has 1 aliphatic rings. The molecule has 1 aromatic carbocycles. The van der Waals surface area contributed by atoms with Gasteiger partial charge in [0.25, 0.3) is 0 Å². The van der Waals surface area contributed by atoms with Gasteiger partial charge < -0.3 is 4.74 Å². The molecule has 0 bridgehead atoms. The maximum atomic E-state index is 12.1. The van der Waals surface area contributed by atoms with Gasteiger partial charge in [0, 0.05) is 5.92 Å². The molecular weight excluding hydrogens is 274 g/mol. The molecule has 0 aliphatic heterocycles. The first-order valence-corrected chi connectivity index (χ1v) is 8.42. The predicted octanol–water partition coefficient (Wildman–Crippen LogP) is 4.66. The van der Waals surface area contributed by atoms with Gasteiger partial charge in [-0.3, -0.25) is 0 Å². The van der Waals surface area contributed by atoms with Gasteiger partial charge in [-0.05, 0) is 56.2 Å². The van der Waals surface area contributed by atoms with Crippen molar-refractivity contribution in [1.29, 1.82) is 5.26 Å². The van der Waals surface area contributed by atoms with Crippen molar-refractivity contribution in [2.24, 2.45) is 5.92 Å². The molecule has 3 nitrogen and oxygen atoms in total. The third-order valence-electron chi connectivity index (χ3n) is 4.39. The van der Waals surface area contributed by atoms with E-state index in [1.54, 1.807) is 0 Å². The van der Waals surface area contributed by atoms with Crippen LogP contribution in [0.15, 0.2) is 24.3 Å². The molecule has 1 aliphatic carbocycles. The van der Waals surface area contributed by atoms with Gasteiger partial charge in [0.05, 0.1) is 11.6 Å². The topological polar surface area (TPSA) is 50.1 Å². The number of hydrogen-bond donors (Lipinski definition) is 0. The number of ether oxygens (including phenoxy) is 1. The highest BCUT2D eigenvalue weighted by atomic mass is 16.5. The number of hydrogen-bond acceptors (Lipinski definition) is 3. The Balaban J connectivity index is 1.81. The van der Waals surface area contributed by atoms with Crippen LogP contribution in [0.1, 0.15) is 67.8 Å². The number of esters is 1. The summed E-state index contributed by atoms with van der Waals surface area (Å²) in [5.41, 5.74) is 1.90. The molecule has 0 N–H and O–H groups in total. The molecule has 118 valence electrons. The van der Waals surface area contributed by atoms with Crippen molar-refractivity contribution in [1.82, 2.24) is 0 Å². The molecule has 0 aromatic heterocycles. The zero-order valence-corrected chi connectivity index (χ0v) is 13.4. The van der Waals surface area contributed by atoms with E-state index >= 15 is 0 Å². The summed E-state index contributed by atoms with van der Waals surface area (Å²) in [5, 5.41) is 8.88. The minimum absolute atomic E-state index is 0.0265. The standard InChI is InChI=1S/C19H25NO2/c1-2-3-4-5-15-6-10-17(11-7-15)19(21)22-18-12-8-16(14-20)9-13-18/h6-7,10-11,16,18H,2-5,8-9,12-13H2,1H3. The second-order valence-corrected chi connectivity index (χ2v) is 6.16. The normalized spacial score (nSPS) is 21.1. The van der Waals surface area contributed by atoms with Crippen LogP contribution in [0.2, 0.25) is 0 Å². The van der Waals surface area contributed by atoms with E-state index in [0.717, 1.165) is 32.1 Å². The first-order chi connectivity index (χ1) is 10.7. The number of unbranched alkanes of at least 4 members (excludes halogenated alkanes) is 2. The lowest BCUT2D eigenvalue weighted by atomic mass is 9.88. The van der Waals surface area contributed by atoms with E-state index in [0.29, 0.717) is 5.56 Å². The number of nitrogens with zero attached hydrogens (tertiary/aromatic N) is 1. The molecule has 0 unspecified atom stereocenters. The number of nitriles is 1. The largest absolute Gasteiger partial charge is 0.459 e. The highest BCUT2D eigenvalue weighted by Gasteiger charge is 2.24. The predicted molar refractivity (Wildman–Crippen MR) is 86.4 cm³/mol. The summed E-state index contributed by atoms with van der Waals surface area (Å²) in [4.78, 5) is 12.1. The number of aryl methyl sites for hydroxylation is 1. The van der Waals surface area contributed by atoms with E-state index in [4.69, 9.17) is 10.00 Å². The van der Waals surface area contributed by atoms with Gasteiger partial charge in [-0.25, -0.2) is 4.79 Å². The van der Waals surface area contributed by atoms with Crippen molar-refractivity contribution in [3.8, 4) is 6.07 Å². The Bertz CT molecular complexity index is 507. The summed E-state index contributed by atoms with van der Waals surface area (Å²) < 4.78 is 5.56. The third-order valence-corrected chi connectivity index (χ3v) is 4.39. The SMILES string of the molecule is CCCCCc1ccc(C(=O)OC2CCC(C#N)CC2)cc1. The molecular formula is C19H25NO2. The van der Waals surface area contributed by atoms with Gasteiger partial charge in [0.1, 0.15) is 6.10 Å². The van der Waals surface area contributed by atoms with Crippen molar-refractivity contribution in [3.63, 3.8) is 0 Å². The Morgan fingerprint density at radius 2 is 1.86 bits per heavy atom. The molecule has 1 saturated carbocycles. The first-order valence-electron chi connectivity index (χ1n) is 8.42. The highest BCUT2D eigenvalue weighted by Crippen LogP contribution is 2.26. The lowest BCUT2D eigenvalue weighted by molar-refractivity contribution is 0.0187. The second kappa shape index (κ2) is 8.58. The van der Waals surface area contributed by atoms with Crippen LogP contribution in [-0.4, -0.2) is 12.1 Å². The van der Waals surface area contributed by atoms with Crippen molar-refractivity contribution in [3.05, 3.63) is 35.4 Å². The van der Waals surface area contributed by atoms with Gasteiger partial charge in [-0.2, -0.15) is 5.26 Å². The van der Waals surface area contributed by atoms with Crippen LogP contribution in [0.5, 0.6) is 0 Å². The fourth-order valence-electron chi connectivity index (χ4n) is 2.92. The minimum atomic E-state index is -0.236. The van der Waals surface area contributed by atoms with Crippen LogP contribution in [-0.2, 0) is 11.2 Å². The Morgan fingerprint density at radius 3 is 2.45 bits per heavy atom. The summed E-state index contributed by atoms with van der Waals surface area (Å²) >= 11 is 0. The highest BCUT2D eigenvalue weighted by molar-refractivity contribution is 5.89. The monoisotopic (exact) mass is 299 g/mol. The quantitative estimate of drug-likeness (QED) is 0.567. The van der Waals surface area contributed by atoms with Gasteiger partial charge in [0.2, 0.25) is 0 Å². The molecule has 0 amide bonds. The van der Waals surface area contributed by atoms with Crippen LogP contribution < -0.4 is 0 Å². The van der Waals surface area contributed by atoms with Crippen molar-refractivity contribution in [2.75, 3.05) is 0 Å². The summed E-state index contributed by atoms with van der Waals surface area (Å²) in [5.74, 6) is -0.0992. The molecule has 0 spiro atoms. The van der Waals surface area contributed by atoms with Crippen LogP contribution >= 0.6 is 0 Å². The first kappa shape index (κ1) is 16.5. The van der Waals surface area contributed by atoms with Crippen LogP contribution in [0.4, 0.5) is 0 Å². The molecule has 0 radical (unpaired) electrons. The van der Waals surface area contributed by atoms with Crippen molar-refractivity contribution in [2.45, 2.75) is 64.4 Å². The van der Waals surface area contributed by atoms with Crippen LogP contribution in [0.3, 0.4) is 0 Å². The van der Waals surface area contributed by atoms with E-state index in [9.17, 15) is 4.79 Å². The lowest BCUT2D eigenvalue weighted by Gasteiger charge is -2.24. The Hall–Kier alpha value is -1.82. The summed E-state index contributed by atoms with van der Waals surface area (Å²) in [6.45, 7) is 2.20. The molecule has 22 heavy (non-hydrogen) atoms. The molecule has 1 aromatic rings. The smallest absolute Gasteiger partial charge is 0.338 e. The van der Waals surface area contributed by atoms with Crippen LogP contribution in [0.25, 0.3) is 0 Å². The van der Waals surface area contributed by atoms with Gasteiger partial charge in [-0.1, -0.05) is 31.9 Å². The Kier molecular flexibility index (Phi) is 6.45. The number of carbonyl (C=O) groups is 1. The minimum Gasteiger partial charge on any atom is -0.459 e. The van der Waals surface area contributed by atoms with Crippen molar-refractivity contribution < 1.29 is 9.53 Å². The average Bonchev–Trinajstić information content (AvgIpc) is 2.56. The molecule has 3 heteroatoms. The third kappa shape index (κ3) is 4.87.